The van der Waals surface area contributed by atoms with Gasteiger partial charge in [0.25, 0.3) is 5.91 Å². The zero-order valence-electron chi connectivity index (χ0n) is 17.0. The van der Waals surface area contributed by atoms with Crippen LogP contribution in [0.15, 0.2) is 62.8 Å². The van der Waals surface area contributed by atoms with Crippen LogP contribution in [0.25, 0.3) is 0 Å². The lowest BCUT2D eigenvalue weighted by atomic mass is 10.2. The number of benzene rings is 2. The van der Waals surface area contributed by atoms with Crippen molar-refractivity contribution in [3.05, 3.63) is 65.8 Å². The molecule has 1 amide bonds. The molecule has 0 unspecified atom stereocenters. The summed E-state index contributed by atoms with van der Waals surface area (Å²) in [4.78, 5) is 17.6. The Morgan fingerprint density at radius 1 is 1.13 bits per heavy atom. The van der Waals surface area contributed by atoms with Gasteiger partial charge >= 0.3 is 0 Å². The summed E-state index contributed by atoms with van der Waals surface area (Å²) < 4.78 is 37.1. The third-order valence-corrected chi connectivity index (χ3v) is 6.68. The molecule has 1 aromatic heterocycles. The molecule has 0 bridgehead atoms. The second-order valence-corrected chi connectivity index (χ2v) is 9.13. The number of sulfonamides is 1. The minimum Gasteiger partial charge on any atom is -0.497 e. The van der Waals surface area contributed by atoms with Crippen molar-refractivity contribution in [2.45, 2.75) is 22.5 Å². The smallest absolute Gasteiger partial charge is 0.252 e. The highest BCUT2D eigenvalue weighted by Crippen LogP contribution is 2.25. The second-order valence-electron chi connectivity index (χ2n) is 6.34. The number of hydrogen-bond acceptors (Lipinski definition) is 8. The molecule has 0 spiro atoms. The third kappa shape index (κ3) is 6.29. The lowest BCUT2D eigenvalue weighted by molar-refractivity contribution is 0.0951. The minimum atomic E-state index is -3.68. The van der Waals surface area contributed by atoms with Crippen molar-refractivity contribution in [3.8, 4) is 5.75 Å². The number of methoxy groups -OCH3 is 1. The Balaban J connectivity index is 1.52. The number of carbonyl (C=O) groups excluding carboxylic acids is 1. The number of hydrogen-bond donors (Lipinski definition) is 2. The Morgan fingerprint density at radius 3 is 2.55 bits per heavy atom. The molecule has 0 saturated carbocycles. The fourth-order valence-corrected chi connectivity index (χ4v) is 4.54. The zero-order valence-corrected chi connectivity index (χ0v) is 18.6. The van der Waals surface area contributed by atoms with E-state index in [1.165, 1.54) is 31.0 Å². The number of ether oxygens (including phenoxy) is 1. The van der Waals surface area contributed by atoms with E-state index in [0.29, 0.717) is 28.8 Å². The lowest BCUT2D eigenvalue weighted by Gasteiger charge is -2.10. The molecule has 2 N–H and O–H groups in total. The number of carbonyl (C=O) groups is 1. The number of aryl methyl sites for hydroxylation is 1. The molecule has 0 atom stereocenters. The van der Waals surface area contributed by atoms with Gasteiger partial charge in [-0.3, -0.25) is 4.79 Å². The summed E-state index contributed by atoms with van der Waals surface area (Å²) in [6.07, 6.45) is 0. The maximum atomic E-state index is 12.6. The number of nitrogens with one attached hydrogen (secondary N) is 2. The molecule has 3 aromatic rings. The predicted octanol–water partition coefficient (Wildman–Crippen LogP) is 2.39. The van der Waals surface area contributed by atoms with Crippen LogP contribution in [0.2, 0.25) is 0 Å². The fraction of sp³-hybridized carbons (Fsp3) is 0.250. The van der Waals surface area contributed by atoms with Crippen LogP contribution in [-0.4, -0.2) is 44.7 Å². The SMILES string of the molecule is COc1ccc(S(=O)(=O)NCCNC(=O)c2ccccc2SCc2noc(C)n2)cc1. The average molecular weight is 463 g/mol. The lowest BCUT2D eigenvalue weighted by Crippen LogP contribution is -2.34. The summed E-state index contributed by atoms with van der Waals surface area (Å²) >= 11 is 1.42. The Hall–Kier alpha value is -2.89. The molecule has 31 heavy (non-hydrogen) atoms. The van der Waals surface area contributed by atoms with Crippen molar-refractivity contribution in [2.24, 2.45) is 0 Å². The van der Waals surface area contributed by atoms with E-state index < -0.39 is 10.0 Å². The molecule has 0 radical (unpaired) electrons. The van der Waals surface area contributed by atoms with Crippen molar-refractivity contribution < 1.29 is 22.5 Å². The number of thioether (sulfide) groups is 1. The Labute approximate surface area is 184 Å². The normalized spacial score (nSPS) is 11.3. The summed E-state index contributed by atoms with van der Waals surface area (Å²) in [6.45, 7) is 1.90. The van der Waals surface area contributed by atoms with Gasteiger partial charge in [0, 0.05) is 24.9 Å². The van der Waals surface area contributed by atoms with E-state index >= 15 is 0 Å². The first-order valence-corrected chi connectivity index (χ1v) is 11.8. The molecule has 164 valence electrons. The maximum absolute atomic E-state index is 12.6. The molecule has 0 aliphatic heterocycles. The van der Waals surface area contributed by atoms with E-state index in [9.17, 15) is 13.2 Å². The van der Waals surface area contributed by atoms with E-state index in [1.807, 2.05) is 12.1 Å². The van der Waals surface area contributed by atoms with Crippen LogP contribution < -0.4 is 14.8 Å². The van der Waals surface area contributed by atoms with Crippen molar-refractivity contribution in [1.82, 2.24) is 20.2 Å². The van der Waals surface area contributed by atoms with Crippen molar-refractivity contribution in [3.63, 3.8) is 0 Å². The summed E-state index contributed by atoms with van der Waals surface area (Å²) in [6, 6.07) is 13.2. The monoisotopic (exact) mass is 462 g/mol. The first-order chi connectivity index (χ1) is 14.9. The molecule has 0 saturated heterocycles. The Bertz CT molecular complexity index is 1130. The molecule has 0 aliphatic rings. The first-order valence-electron chi connectivity index (χ1n) is 9.32. The summed E-state index contributed by atoms with van der Waals surface area (Å²) in [5.74, 6) is 1.76. The van der Waals surface area contributed by atoms with Crippen LogP contribution in [0.1, 0.15) is 22.1 Å². The van der Waals surface area contributed by atoms with E-state index in [-0.39, 0.29) is 23.9 Å². The van der Waals surface area contributed by atoms with E-state index in [2.05, 4.69) is 20.2 Å². The van der Waals surface area contributed by atoms with Crippen LogP contribution in [0.3, 0.4) is 0 Å². The molecular weight excluding hydrogens is 440 g/mol. The van der Waals surface area contributed by atoms with E-state index in [0.717, 1.165) is 4.90 Å². The predicted molar refractivity (Wildman–Crippen MR) is 116 cm³/mol. The zero-order chi connectivity index (χ0) is 22.3. The van der Waals surface area contributed by atoms with Crippen molar-refractivity contribution in [1.29, 1.82) is 0 Å². The van der Waals surface area contributed by atoms with Crippen LogP contribution in [0.5, 0.6) is 5.75 Å². The molecule has 2 aromatic carbocycles. The average Bonchev–Trinajstić information content (AvgIpc) is 3.20. The molecule has 9 nitrogen and oxygen atoms in total. The standard InChI is InChI=1S/C20H22N4O5S2/c1-14-23-19(24-29-14)13-30-18-6-4-3-5-17(18)20(25)21-11-12-22-31(26,27)16-9-7-15(28-2)8-10-16/h3-10,22H,11-13H2,1-2H3,(H,21,25). The van der Waals surface area contributed by atoms with Gasteiger partial charge in [0.05, 0.1) is 23.3 Å². The van der Waals surface area contributed by atoms with Gasteiger partial charge in [-0.1, -0.05) is 17.3 Å². The molecule has 0 aliphatic carbocycles. The number of rotatable bonds is 10. The van der Waals surface area contributed by atoms with Gasteiger partial charge in [-0.05, 0) is 36.4 Å². The summed E-state index contributed by atoms with van der Waals surface area (Å²) in [5, 5.41) is 6.58. The Morgan fingerprint density at radius 2 is 1.87 bits per heavy atom. The third-order valence-electron chi connectivity index (χ3n) is 4.13. The van der Waals surface area contributed by atoms with E-state index in [4.69, 9.17) is 9.26 Å². The van der Waals surface area contributed by atoms with Crippen LogP contribution in [-0.2, 0) is 15.8 Å². The van der Waals surface area contributed by atoms with Crippen LogP contribution in [0, 0.1) is 6.92 Å². The minimum absolute atomic E-state index is 0.0531. The number of nitrogens with zero attached hydrogens (tertiary/aromatic N) is 2. The highest BCUT2D eigenvalue weighted by molar-refractivity contribution is 7.98. The number of amides is 1. The largest absolute Gasteiger partial charge is 0.497 e. The van der Waals surface area contributed by atoms with Crippen molar-refractivity contribution >= 4 is 27.7 Å². The van der Waals surface area contributed by atoms with Gasteiger partial charge in [0.1, 0.15) is 5.75 Å². The first kappa shape index (κ1) is 22.8. The maximum Gasteiger partial charge on any atom is 0.252 e. The van der Waals surface area contributed by atoms with Crippen LogP contribution in [0.4, 0.5) is 0 Å². The fourth-order valence-electron chi connectivity index (χ4n) is 2.62. The summed E-state index contributed by atoms with van der Waals surface area (Å²) in [5.41, 5.74) is 0.491. The molecule has 1 heterocycles. The highest BCUT2D eigenvalue weighted by Gasteiger charge is 2.15. The van der Waals surface area contributed by atoms with Crippen molar-refractivity contribution in [2.75, 3.05) is 20.2 Å². The molecule has 3 rings (SSSR count). The highest BCUT2D eigenvalue weighted by atomic mass is 32.2. The van der Waals surface area contributed by atoms with Gasteiger partial charge in [0.2, 0.25) is 15.9 Å². The van der Waals surface area contributed by atoms with E-state index in [1.54, 1.807) is 31.2 Å². The van der Waals surface area contributed by atoms with Crippen LogP contribution >= 0.6 is 11.8 Å². The Kier molecular flexibility index (Phi) is 7.66. The second kappa shape index (κ2) is 10.4. The molecule has 0 fully saturated rings. The van der Waals surface area contributed by atoms with Gasteiger partial charge < -0.3 is 14.6 Å². The van der Waals surface area contributed by atoms with Gasteiger partial charge in [-0.25, -0.2) is 13.1 Å². The summed E-state index contributed by atoms with van der Waals surface area (Å²) in [7, 11) is -2.17. The van der Waals surface area contributed by atoms with Gasteiger partial charge in [-0.15, -0.1) is 11.8 Å². The number of aromatic nitrogens is 2. The molecular formula is C20H22N4O5S2. The molecule has 11 heteroatoms. The topological polar surface area (TPSA) is 123 Å². The quantitative estimate of drug-likeness (QED) is 0.348. The van der Waals surface area contributed by atoms with Gasteiger partial charge in [0.15, 0.2) is 5.82 Å². The van der Waals surface area contributed by atoms with Gasteiger partial charge in [-0.2, -0.15) is 4.98 Å².